The predicted octanol–water partition coefficient (Wildman–Crippen LogP) is 1.67. The molecule has 2 unspecified atom stereocenters. The Kier molecular flexibility index (Phi) is 4.34. The Morgan fingerprint density at radius 1 is 1.60 bits per heavy atom. The molecule has 15 heavy (non-hydrogen) atoms. The smallest absolute Gasteiger partial charge is 0.166 e. The first-order chi connectivity index (χ1) is 6.94. The van der Waals surface area contributed by atoms with Crippen LogP contribution in [-0.2, 0) is 4.74 Å². The molecule has 0 saturated carbocycles. The lowest BCUT2D eigenvalue weighted by atomic mass is 9.95. The van der Waals surface area contributed by atoms with Crippen LogP contribution in [0.1, 0.15) is 34.1 Å². The second-order valence-corrected chi connectivity index (χ2v) is 5.32. The van der Waals surface area contributed by atoms with Crippen LogP contribution in [0.2, 0.25) is 0 Å². The fourth-order valence-electron chi connectivity index (χ4n) is 1.60. The molecule has 0 aromatic heterocycles. The van der Waals surface area contributed by atoms with Gasteiger partial charge in [-0.05, 0) is 38.4 Å². The van der Waals surface area contributed by atoms with E-state index in [2.05, 4.69) is 38.3 Å². The molecule has 1 aliphatic rings. The van der Waals surface area contributed by atoms with Gasteiger partial charge in [0.25, 0.3) is 0 Å². The van der Waals surface area contributed by atoms with E-state index in [0.717, 1.165) is 24.7 Å². The van der Waals surface area contributed by atoms with Crippen molar-refractivity contribution in [2.75, 3.05) is 13.2 Å². The molecule has 2 N–H and O–H groups in total. The van der Waals surface area contributed by atoms with E-state index in [1.165, 1.54) is 0 Å². The highest BCUT2D eigenvalue weighted by atomic mass is 32.1. The summed E-state index contributed by atoms with van der Waals surface area (Å²) in [6.07, 6.45) is 1.23. The molecule has 0 radical (unpaired) electrons. The van der Waals surface area contributed by atoms with Crippen molar-refractivity contribution in [3.63, 3.8) is 0 Å². The summed E-state index contributed by atoms with van der Waals surface area (Å²) in [5.41, 5.74) is -0.0128. The van der Waals surface area contributed by atoms with Crippen molar-refractivity contribution in [3.8, 4) is 0 Å². The Hall–Kier alpha value is -0.350. The maximum Gasteiger partial charge on any atom is 0.166 e. The van der Waals surface area contributed by atoms with E-state index in [1.807, 2.05) is 0 Å². The van der Waals surface area contributed by atoms with E-state index in [9.17, 15) is 0 Å². The van der Waals surface area contributed by atoms with Gasteiger partial charge in [-0.1, -0.05) is 13.8 Å². The Balaban J connectivity index is 2.37. The van der Waals surface area contributed by atoms with Gasteiger partial charge >= 0.3 is 0 Å². The van der Waals surface area contributed by atoms with E-state index in [4.69, 9.17) is 17.0 Å². The van der Waals surface area contributed by atoms with Crippen molar-refractivity contribution in [3.05, 3.63) is 0 Å². The lowest BCUT2D eigenvalue weighted by Gasteiger charge is -2.30. The van der Waals surface area contributed by atoms with Gasteiger partial charge in [0, 0.05) is 13.2 Å². The third-order valence-corrected chi connectivity index (χ3v) is 3.20. The van der Waals surface area contributed by atoms with Crippen LogP contribution in [0.5, 0.6) is 0 Å². The average molecular weight is 230 g/mol. The highest BCUT2D eigenvalue weighted by Crippen LogP contribution is 2.24. The van der Waals surface area contributed by atoms with Crippen LogP contribution in [0.15, 0.2) is 0 Å². The van der Waals surface area contributed by atoms with Crippen LogP contribution in [0, 0.1) is 5.92 Å². The van der Waals surface area contributed by atoms with Crippen LogP contribution in [0.3, 0.4) is 0 Å². The van der Waals surface area contributed by atoms with Crippen molar-refractivity contribution in [1.82, 2.24) is 10.6 Å². The normalized spacial score (nSPS) is 30.6. The number of hydrogen-bond donors (Lipinski definition) is 2. The summed E-state index contributed by atoms with van der Waals surface area (Å²) in [7, 11) is 0. The van der Waals surface area contributed by atoms with Crippen molar-refractivity contribution in [2.45, 2.75) is 45.8 Å². The van der Waals surface area contributed by atoms with Crippen LogP contribution >= 0.6 is 12.2 Å². The van der Waals surface area contributed by atoms with Crippen molar-refractivity contribution >= 4 is 17.3 Å². The third kappa shape index (κ3) is 3.61. The zero-order valence-corrected chi connectivity index (χ0v) is 10.9. The lowest BCUT2D eigenvalue weighted by molar-refractivity contribution is 0.0947. The summed E-state index contributed by atoms with van der Waals surface area (Å²) >= 11 is 5.26. The molecular weight excluding hydrogens is 208 g/mol. The van der Waals surface area contributed by atoms with Crippen LogP contribution in [0.25, 0.3) is 0 Å². The minimum Gasteiger partial charge on any atom is -0.376 e. The molecule has 1 aliphatic heterocycles. The molecule has 88 valence electrons. The second kappa shape index (κ2) is 5.12. The Bertz CT molecular complexity index is 233. The molecule has 3 nitrogen and oxygen atoms in total. The van der Waals surface area contributed by atoms with Gasteiger partial charge in [-0.25, -0.2) is 0 Å². The number of thiocarbonyl (C=S) groups is 1. The summed E-state index contributed by atoms with van der Waals surface area (Å²) in [6.45, 7) is 10.3. The summed E-state index contributed by atoms with van der Waals surface area (Å²) in [6, 6.07) is 0. The van der Waals surface area contributed by atoms with E-state index in [1.54, 1.807) is 0 Å². The molecule has 0 aromatic carbocycles. The fourth-order valence-corrected chi connectivity index (χ4v) is 1.92. The number of rotatable bonds is 3. The Morgan fingerprint density at radius 3 is 2.73 bits per heavy atom. The standard InChI is InChI=1S/C11H22N2OS/c1-8(2)7-12-10(15)13-11(4)5-6-14-9(11)3/h8-9H,5-7H2,1-4H3,(H2,12,13,15). The van der Waals surface area contributed by atoms with E-state index < -0.39 is 0 Å². The summed E-state index contributed by atoms with van der Waals surface area (Å²) < 4.78 is 5.54. The average Bonchev–Trinajstić information content (AvgIpc) is 2.44. The highest BCUT2D eigenvalue weighted by molar-refractivity contribution is 7.80. The number of ether oxygens (including phenoxy) is 1. The van der Waals surface area contributed by atoms with Gasteiger partial charge in [-0.2, -0.15) is 0 Å². The topological polar surface area (TPSA) is 33.3 Å². The third-order valence-electron chi connectivity index (χ3n) is 2.96. The molecular formula is C11H22N2OS. The first kappa shape index (κ1) is 12.7. The molecule has 0 aliphatic carbocycles. The first-order valence-electron chi connectivity index (χ1n) is 5.61. The molecule has 1 fully saturated rings. The Labute approximate surface area is 98.0 Å². The lowest BCUT2D eigenvalue weighted by Crippen LogP contribution is -2.54. The molecule has 2 atom stereocenters. The van der Waals surface area contributed by atoms with Crippen molar-refractivity contribution in [1.29, 1.82) is 0 Å². The van der Waals surface area contributed by atoms with Gasteiger partial charge in [0.1, 0.15) is 0 Å². The molecule has 1 saturated heterocycles. The van der Waals surface area contributed by atoms with Gasteiger partial charge < -0.3 is 15.4 Å². The second-order valence-electron chi connectivity index (χ2n) is 4.91. The highest BCUT2D eigenvalue weighted by Gasteiger charge is 2.37. The summed E-state index contributed by atoms with van der Waals surface area (Å²) in [5, 5.41) is 7.31. The maximum atomic E-state index is 5.54. The van der Waals surface area contributed by atoms with Crippen LogP contribution in [0.4, 0.5) is 0 Å². The van der Waals surface area contributed by atoms with E-state index in [0.29, 0.717) is 5.92 Å². The zero-order valence-electron chi connectivity index (χ0n) is 10.1. The largest absolute Gasteiger partial charge is 0.376 e. The van der Waals surface area contributed by atoms with Crippen LogP contribution in [-0.4, -0.2) is 29.9 Å². The molecule has 4 heteroatoms. The minimum atomic E-state index is -0.0128. The van der Waals surface area contributed by atoms with Gasteiger partial charge in [0.2, 0.25) is 0 Å². The van der Waals surface area contributed by atoms with Crippen molar-refractivity contribution in [2.24, 2.45) is 5.92 Å². The zero-order chi connectivity index (χ0) is 11.5. The number of hydrogen-bond acceptors (Lipinski definition) is 2. The predicted molar refractivity (Wildman–Crippen MR) is 67.0 cm³/mol. The summed E-state index contributed by atoms with van der Waals surface area (Å²) in [4.78, 5) is 0. The number of nitrogens with one attached hydrogen (secondary N) is 2. The fraction of sp³-hybridized carbons (Fsp3) is 0.909. The van der Waals surface area contributed by atoms with E-state index in [-0.39, 0.29) is 11.6 Å². The molecule has 1 rings (SSSR count). The van der Waals surface area contributed by atoms with Gasteiger partial charge in [-0.15, -0.1) is 0 Å². The van der Waals surface area contributed by atoms with E-state index >= 15 is 0 Å². The molecule has 1 heterocycles. The van der Waals surface area contributed by atoms with Gasteiger partial charge in [0.15, 0.2) is 5.11 Å². The SMILES string of the molecule is CC(C)CNC(=S)NC1(C)CCOC1C. The monoisotopic (exact) mass is 230 g/mol. The molecule has 0 amide bonds. The Morgan fingerprint density at radius 2 is 2.27 bits per heavy atom. The molecule has 0 aromatic rings. The van der Waals surface area contributed by atoms with Crippen LogP contribution < -0.4 is 10.6 Å². The van der Waals surface area contributed by atoms with Gasteiger partial charge in [0.05, 0.1) is 11.6 Å². The first-order valence-corrected chi connectivity index (χ1v) is 6.02. The minimum absolute atomic E-state index is 0.0128. The quantitative estimate of drug-likeness (QED) is 0.723. The summed E-state index contributed by atoms with van der Waals surface area (Å²) in [5.74, 6) is 0.606. The van der Waals surface area contributed by atoms with Gasteiger partial charge in [-0.3, -0.25) is 0 Å². The molecule has 0 bridgehead atoms. The van der Waals surface area contributed by atoms with Crippen molar-refractivity contribution < 1.29 is 4.74 Å². The molecule has 0 spiro atoms. The maximum absolute atomic E-state index is 5.54.